The third kappa shape index (κ3) is 3.77. The van der Waals surface area contributed by atoms with Crippen molar-refractivity contribution in [2.75, 3.05) is 21.3 Å². The van der Waals surface area contributed by atoms with Gasteiger partial charge in [0.05, 0.1) is 32.6 Å². The van der Waals surface area contributed by atoms with Crippen LogP contribution in [-0.2, 0) is 0 Å². The molecule has 0 fully saturated rings. The smallest absolute Gasteiger partial charge is 0.345 e. The van der Waals surface area contributed by atoms with Gasteiger partial charge in [-0.25, -0.2) is 14.8 Å². The third-order valence-electron chi connectivity index (χ3n) is 4.42. The van der Waals surface area contributed by atoms with Crippen LogP contribution in [0.2, 0.25) is 0 Å². The van der Waals surface area contributed by atoms with Crippen LogP contribution in [0.15, 0.2) is 62.0 Å². The van der Waals surface area contributed by atoms with Gasteiger partial charge in [0, 0.05) is 22.5 Å². The Hall–Kier alpha value is -3.65. The van der Waals surface area contributed by atoms with Crippen molar-refractivity contribution in [1.29, 1.82) is 0 Å². The summed E-state index contributed by atoms with van der Waals surface area (Å²) in [5.74, 6) is 1.58. The lowest BCUT2D eigenvalue weighted by molar-refractivity contribution is 0.324. The fraction of sp³-hybridized carbons (Fsp3) is 0.136. The number of benzene rings is 2. The van der Waals surface area contributed by atoms with Crippen LogP contribution in [0.25, 0.3) is 22.2 Å². The second-order valence-corrected chi connectivity index (χ2v) is 7.05. The van der Waals surface area contributed by atoms with Gasteiger partial charge in [0.2, 0.25) is 10.9 Å². The highest BCUT2D eigenvalue weighted by molar-refractivity contribution is 7.13. The quantitative estimate of drug-likeness (QED) is 0.331. The van der Waals surface area contributed by atoms with Crippen molar-refractivity contribution >= 4 is 33.7 Å². The molecular weight excluding hydrogens is 404 g/mol. The molecule has 30 heavy (non-hydrogen) atoms. The van der Waals surface area contributed by atoms with Crippen molar-refractivity contribution in [3.63, 3.8) is 0 Å². The van der Waals surface area contributed by atoms with Crippen LogP contribution < -0.4 is 19.8 Å². The first kappa shape index (κ1) is 19.7. The number of hydrogen-bond acceptors (Lipinski definition) is 8. The van der Waals surface area contributed by atoms with Crippen LogP contribution in [-0.4, -0.2) is 32.5 Å². The molecule has 0 unspecified atom stereocenters. The molecule has 0 N–H and O–H groups in total. The Morgan fingerprint density at radius 1 is 1.03 bits per heavy atom. The topological polar surface area (TPSA) is 83.2 Å². The molecule has 8 heteroatoms. The molecule has 4 aromatic rings. The van der Waals surface area contributed by atoms with Crippen molar-refractivity contribution in [3.05, 3.63) is 63.8 Å². The van der Waals surface area contributed by atoms with Gasteiger partial charge in [-0.3, -0.25) is 0 Å². The fourth-order valence-corrected chi connectivity index (χ4v) is 3.65. The van der Waals surface area contributed by atoms with Gasteiger partial charge >= 0.3 is 5.63 Å². The number of methoxy groups -OCH3 is 3. The summed E-state index contributed by atoms with van der Waals surface area (Å²) in [6.45, 7) is 0. The number of thiazole rings is 1. The van der Waals surface area contributed by atoms with Crippen LogP contribution in [0, 0.1) is 0 Å². The molecule has 7 nitrogen and oxygen atoms in total. The van der Waals surface area contributed by atoms with E-state index in [-0.39, 0.29) is 0 Å². The van der Waals surface area contributed by atoms with Crippen molar-refractivity contribution in [1.82, 2.24) is 4.98 Å². The molecule has 2 aromatic heterocycles. The maximum atomic E-state index is 12.3. The summed E-state index contributed by atoms with van der Waals surface area (Å²) in [7, 11) is 4.66. The van der Waals surface area contributed by atoms with E-state index in [2.05, 4.69) is 9.98 Å². The summed E-state index contributed by atoms with van der Waals surface area (Å²) in [4.78, 5) is 21.2. The number of para-hydroxylation sites is 1. The summed E-state index contributed by atoms with van der Waals surface area (Å²) < 4.78 is 21.4. The average Bonchev–Trinajstić information content (AvgIpc) is 3.25. The summed E-state index contributed by atoms with van der Waals surface area (Å²) in [5.41, 5.74) is 1.79. The largest absolute Gasteiger partial charge is 0.493 e. The summed E-state index contributed by atoms with van der Waals surface area (Å²) in [6, 6.07) is 12.7. The Morgan fingerprint density at radius 3 is 2.47 bits per heavy atom. The Balaban J connectivity index is 1.65. The van der Waals surface area contributed by atoms with Gasteiger partial charge in [0.1, 0.15) is 5.58 Å². The minimum absolute atomic E-state index is 0.402. The van der Waals surface area contributed by atoms with E-state index in [0.717, 1.165) is 10.9 Å². The minimum atomic E-state index is -0.431. The number of nitrogens with zero attached hydrogens (tertiary/aromatic N) is 2. The zero-order valence-electron chi connectivity index (χ0n) is 16.5. The molecule has 0 saturated heterocycles. The van der Waals surface area contributed by atoms with E-state index >= 15 is 0 Å². The highest BCUT2D eigenvalue weighted by Crippen LogP contribution is 2.38. The molecule has 152 valence electrons. The molecule has 0 atom stereocenters. The number of rotatable bonds is 6. The normalized spacial score (nSPS) is 11.2. The van der Waals surface area contributed by atoms with Gasteiger partial charge in [0.25, 0.3) is 0 Å². The van der Waals surface area contributed by atoms with Crippen LogP contribution in [0.5, 0.6) is 17.2 Å². The second-order valence-electron chi connectivity index (χ2n) is 6.22. The number of aromatic nitrogens is 1. The van der Waals surface area contributed by atoms with Crippen LogP contribution in [0.3, 0.4) is 0 Å². The van der Waals surface area contributed by atoms with Gasteiger partial charge in [0.15, 0.2) is 11.5 Å². The van der Waals surface area contributed by atoms with Gasteiger partial charge < -0.3 is 18.6 Å². The number of aliphatic imine (C=N–C) groups is 1. The SMILES string of the molecule is COc1cc(/C=N/c2nc(-c3cc4ccccc4oc3=O)cs2)cc(OC)c1OC. The van der Waals surface area contributed by atoms with E-state index < -0.39 is 5.63 Å². The maximum Gasteiger partial charge on any atom is 0.345 e. The first-order valence-corrected chi connectivity index (χ1v) is 9.83. The molecule has 2 aromatic carbocycles. The van der Waals surface area contributed by atoms with E-state index in [9.17, 15) is 4.79 Å². The van der Waals surface area contributed by atoms with Crippen LogP contribution in [0.1, 0.15) is 5.56 Å². The Morgan fingerprint density at radius 2 is 1.77 bits per heavy atom. The molecule has 0 saturated carbocycles. The number of ether oxygens (including phenoxy) is 3. The molecule has 2 heterocycles. The van der Waals surface area contributed by atoms with Gasteiger partial charge in [-0.2, -0.15) is 0 Å². The second kappa shape index (κ2) is 8.38. The van der Waals surface area contributed by atoms with Crippen molar-refractivity contribution in [2.24, 2.45) is 4.99 Å². The number of hydrogen-bond donors (Lipinski definition) is 0. The Labute approximate surface area is 176 Å². The van der Waals surface area contributed by atoms with Crippen molar-refractivity contribution in [3.8, 4) is 28.5 Å². The van der Waals surface area contributed by atoms with E-state index in [1.165, 1.54) is 11.3 Å². The van der Waals surface area contributed by atoms with E-state index in [1.807, 2.05) is 18.2 Å². The zero-order valence-corrected chi connectivity index (χ0v) is 17.4. The minimum Gasteiger partial charge on any atom is -0.493 e. The van der Waals surface area contributed by atoms with Crippen molar-refractivity contribution < 1.29 is 18.6 Å². The molecule has 0 aliphatic heterocycles. The Kier molecular flexibility index (Phi) is 5.49. The fourth-order valence-electron chi connectivity index (χ4n) is 2.99. The maximum absolute atomic E-state index is 12.3. The average molecular weight is 422 g/mol. The lowest BCUT2D eigenvalue weighted by Gasteiger charge is -2.12. The van der Waals surface area contributed by atoms with E-state index in [1.54, 1.807) is 57.2 Å². The van der Waals surface area contributed by atoms with Gasteiger partial charge in [-0.05, 0) is 24.3 Å². The summed E-state index contributed by atoms with van der Waals surface area (Å²) in [5, 5.41) is 3.12. The van der Waals surface area contributed by atoms with Gasteiger partial charge in [-0.15, -0.1) is 11.3 Å². The molecule has 4 rings (SSSR count). The molecule has 0 amide bonds. The number of fused-ring (bicyclic) bond motifs is 1. The lowest BCUT2D eigenvalue weighted by atomic mass is 10.1. The molecule has 0 radical (unpaired) electrons. The molecule has 0 aliphatic carbocycles. The highest BCUT2D eigenvalue weighted by Gasteiger charge is 2.13. The summed E-state index contributed by atoms with van der Waals surface area (Å²) in [6.07, 6.45) is 1.65. The zero-order chi connectivity index (χ0) is 21.1. The lowest BCUT2D eigenvalue weighted by Crippen LogP contribution is -2.02. The van der Waals surface area contributed by atoms with E-state index in [4.69, 9.17) is 18.6 Å². The Bertz CT molecular complexity index is 1270. The van der Waals surface area contributed by atoms with E-state index in [0.29, 0.717) is 39.2 Å². The highest BCUT2D eigenvalue weighted by atomic mass is 32.1. The monoisotopic (exact) mass is 422 g/mol. The molecule has 0 bridgehead atoms. The standard InChI is InChI=1S/C22H18N2O5S/c1-26-18-8-13(9-19(27-2)20(18)28-3)11-23-22-24-16(12-30-22)15-10-14-6-4-5-7-17(14)29-21(15)25/h4-12H,1-3H3/b23-11+. The predicted molar refractivity (Wildman–Crippen MR) is 117 cm³/mol. The predicted octanol–water partition coefficient (Wildman–Crippen LogP) is 4.69. The van der Waals surface area contributed by atoms with Gasteiger partial charge in [-0.1, -0.05) is 18.2 Å². The molecule has 0 spiro atoms. The third-order valence-corrected chi connectivity index (χ3v) is 5.17. The van der Waals surface area contributed by atoms with Crippen LogP contribution >= 0.6 is 11.3 Å². The van der Waals surface area contributed by atoms with Crippen LogP contribution in [0.4, 0.5) is 5.13 Å². The first-order valence-electron chi connectivity index (χ1n) is 8.96. The first-order chi connectivity index (χ1) is 14.6. The summed E-state index contributed by atoms with van der Waals surface area (Å²) >= 11 is 1.33. The molecular formula is C22H18N2O5S. The molecule has 0 aliphatic rings. The van der Waals surface area contributed by atoms with Crippen molar-refractivity contribution in [2.45, 2.75) is 0 Å².